The lowest BCUT2D eigenvalue weighted by Crippen LogP contribution is -2.40. The lowest BCUT2D eigenvalue weighted by Gasteiger charge is -2.32. The summed E-state index contributed by atoms with van der Waals surface area (Å²) in [6.07, 6.45) is 3.69. The smallest absolute Gasteiger partial charge is 0.280 e. The van der Waals surface area contributed by atoms with Gasteiger partial charge in [0.1, 0.15) is 0 Å². The van der Waals surface area contributed by atoms with Crippen LogP contribution in [0.5, 0.6) is 0 Å². The summed E-state index contributed by atoms with van der Waals surface area (Å²) in [6, 6.07) is 8.03. The standard InChI is InChI=1S/C23H30N6O2/c1-15(2)20-24-21(31-26-20)19-14-29(27-25-19)18-7-6-12-28(13-18)22(30)16-8-10-17(11-9-16)23(3,4)5/h8-11,14-15,18H,6-7,12-13H2,1-5H3. The number of aromatic nitrogens is 5. The number of benzene rings is 1. The fourth-order valence-electron chi connectivity index (χ4n) is 3.78. The Bertz CT molecular complexity index is 1040. The van der Waals surface area contributed by atoms with Crippen molar-refractivity contribution in [1.82, 2.24) is 30.0 Å². The maximum atomic E-state index is 13.1. The molecular weight excluding hydrogens is 392 g/mol. The van der Waals surface area contributed by atoms with E-state index in [1.165, 1.54) is 5.56 Å². The van der Waals surface area contributed by atoms with Gasteiger partial charge in [-0.1, -0.05) is 57.1 Å². The quantitative estimate of drug-likeness (QED) is 0.625. The van der Waals surface area contributed by atoms with Crippen LogP contribution >= 0.6 is 0 Å². The van der Waals surface area contributed by atoms with Crippen LogP contribution in [0.2, 0.25) is 0 Å². The van der Waals surface area contributed by atoms with Crippen LogP contribution in [0.4, 0.5) is 0 Å². The highest BCUT2D eigenvalue weighted by molar-refractivity contribution is 5.94. The van der Waals surface area contributed by atoms with Crippen molar-refractivity contribution >= 4 is 5.91 Å². The van der Waals surface area contributed by atoms with Crippen molar-refractivity contribution in [2.45, 2.75) is 64.8 Å². The number of carbonyl (C=O) groups excluding carboxylic acids is 1. The third kappa shape index (κ3) is 4.52. The van der Waals surface area contributed by atoms with Gasteiger partial charge in [0.15, 0.2) is 11.5 Å². The summed E-state index contributed by atoms with van der Waals surface area (Å²) in [7, 11) is 0. The van der Waals surface area contributed by atoms with Gasteiger partial charge in [0.2, 0.25) is 0 Å². The van der Waals surface area contributed by atoms with E-state index in [0.29, 0.717) is 24.0 Å². The summed E-state index contributed by atoms with van der Waals surface area (Å²) in [5.74, 6) is 1.26. The van der Waals surface area contributed by atoms with Gasteiger partial charge in [0, 0.05) is 24.6 Å². The van der Waals surface area contributed by atoms with Gasteiger partial charge < -0.3 is 9.42 Å². The van der Waals surface area contributed by atoms with E-state index in [9.17, 15) is 4.79 Å². The van der Waals surface area contributed by atoms with E-state index in [-0.39, 0.29) is 23.3 Å². The van der Waals surface area contributed by atoms with E-state index in [2.05, 4.69) is 41.2 Å². The zero-order valence-electron chi connectivity index (χ0n) is 18.9. The molecule has 8 heteroatoms. The van der Waals surface area contributed by atoms with E-state index in [4.69, 9.17) is 4.52 Å². The molecule has 1 saturated heterocycles. The number of nitrogens with zero attached hydrogens (tertiary/aromatic N) is 6. The molecule has 0 spiro atoms. The molecule has 1 aromatic carbocycles. The van der Waals surface area contributed by atoms with Crippen LogP contribution in [0.1, 0.15) is 81.2 Å². The van der Waals surface area contributed by atoms with Gasteiger partial charge in [-0.3, -0.25) is 4.79 Å². The molecule has 0 aliphatic carbocycles. The highest BCUT2D eigenvalue weighted by atomic mass is 16.5. The minimum absolute atomic E-state index is 0.0592. The summed E-state index contributed by atoms with van der Waals surface area (Å²) in [5.41, 5.74) is 2.56. The highest BCUT2D eigenvalue weighted by Gasteiger charge is 2.27. The van der Waals surface area contributed by atoms with Gasteiger partial charge in [-0.2, -0.15) is 4.98 Å². The third-order valence-corrected chi connectivity index (χ3v) is 5.74. The van der Waals surface area contributed by atoms with E-state index < -0.39 is 0 Å². The number of hydrogen-bond donors (Lipinski definition) is 0. The lowest BCUT2D eigenvalue weighted by atomic mass is 9.86. The second kappa shape index (κ2) is 8.24. The molecule has 1 aliphatic rings. The monoisotopic (exact) mass is 422 g/mol. The zero-order valence-corrected chi connectivity index (χ0v) is 18.9. The summed E-state index contributed by atoms with van der Waals surface area (Å²) in [6.45, 7) is 11.9. The van der Waals surface area contributed by atoms with Crippen molar-refractivity contribution in [2.75, 3.05) is 13.1 Å². The molecule has 0 saturated carbocycles. The minimum atomic E-state index is 0.0592. The Kier molecular flexibility index (Phi) is 5.64. The largest absolute Gasteiger partial charge is 0.337 e. The first kappa shape index (κ1) is 21.2. The van der Waals surface area contributed by atoms with Gasteiger partial charge in [0.25, 0.3) is 11.8 Å². The zero-order chi connectivity index (χ0) is 22.2. The third-order valence-electron chi connectivity index (χ3n) is 5.74. The molecule has 164 valence electrons. The van der Waals surface area contributed by atoms with Crippen molar-refractivity contribution in [3.63, 3.8) is 0 Å². The van der Waals surface area contributed by atoms with Crippen LogP contribution in [0, 0.1) is 0 Å². The molecular formula is C23H30N6O2. The van der Waals surface area contributed by atoms with Crippen molar-refractivity contribution in [3.05, 3.63) is 47.4 Å². The molecule has 1 unspecified atom stereocenters. The summed E-state index contributed by atoms with van der Waals surface area (Å²) in [5, 5.41) is 12.5. The van der Waals surface area contributed by atoms with Gasteiger partial charge in [0.05, 0.1) is 12.2 Å². The Morgan fingerprint density at radius 2 is 1.94 bits per heavy atom. The van der Waals surface area contributed by atoms with Crippen molar-refractivity contribution < 1.29 is 9.32 Å². The SMILES string of the molecule is CC(C)c1noc(-c2cn(C3CCCN(C(=O)c4ccc(C(C)(C)C)cc4)C3)nn2)n1. The molecule has 0 N–H and O–H groups in total. The predicted molar refractivity (Wildman–Crippen MR) is 117 cm³/mol. The topological polar surface area (TPSA) is 89.9 Å². The molecule has 0 bridgehead atoms. The molecule has 1 fully saturated rings. The first-order chi connectivity index (χ1) is 14.7. The molecule has 8 nitrogen and oxygen atoms in total. The normalized spacial score (nSPS) is 17.4. The number of hydrogen-bond acceptors (Lipinski definition) is 6. The lowest BCUT2D eigenvalue weighted by molar-refractivity contribution is 0.0672. The van der Waals surface area contributed by atoms with Crippen LogP contribution in [-0.4, -0.2) is 49.0 Å². The molecule has 3 aromatic rings. The number of carbonyl (C=O) groups is 1. The average Bonchev–Trinajstić information content (AvgIpc) is 3.42. The molecule has 1 atom stereocenters. The van der Waals surface area contributed by atoms with Crippen molar-refractivity contribution in [2.24, 2.45) is 0 Å². The van der Waals surface area contributed by atoms with Crippen LogP contribution in [0.15, 0.2) is 35.0 Å². The Labute approximate surface area is 182 Å². The molecule has 2 aromatic heterocycles. The van der Waals surface area contributed by atoms with Crippen LogP contribution in [-0.2, 0) is 5.41 Å². The Morgan fingerprint density at radius 1 is 1.19 bits per heavy atom. The van der Waals surface area contributed by atoms with Gasteiger partial charge in [-0.05, 0) is 36.0 Å². The highest BCUT2D eigenvalue weighted by Crippen LogP contribution is 2.26. The second-order valence-electron chi connectivity index (χ2n) is 9.57. The first-order valence-electron chi connectivity index (χ1n) is 10.9. The Balaban J connectivity index is 1.46. The molecule has 0 radical (unpaired) electrons. The predicted octanol–water partition coefficient (Wildman–Crippen LogP) is 4.23. The molecule has 4 rings (SSSR count). The van der Waals surface area contributed by atoms with E-state index in [1.54, 1.807) is 0 Å². The van der Waals surface area contributed by atoms with E-state index >= 15 is 0 Å². The van der Waals surface area contributed by atoms with Gasteiger partial charge in [-0.15, -0.1) is 5.10 Å². The van der Waals surface area contributed by atoms with Gasteiger partial charge in [-0.25, -0.2) is 4.68 Å². The van der Waals surface area contributed by atoms with Crippen LogP contribution in [0.25, 0.3) is 11.6 Å². The number of amides is 1. The fourth-order valence-corrected chi connectivity index (χ4v) is 3.78. The van der Waals surface area contributed by atoms with E-state index in [1.807, 2.05) is 53.9 Å². The molecule has 1 amide bonds. The second-order valence-corrected chi connectivity index (χ2v) is 9.57. The van der Waals surface area contributed by atoms with E-state index in [0.717, 1.165) is 24.9 Å². The minimum Gasteiger partial charge on any atom is -0.337 e. The number of likely N-dealkylation sites (tertiary alicyclic amines) is 1. The maximum Gasteiger partial charge on any atom is 0.280 e. The van der Waals surface area contributed by atoms with Crippen molar-refractivity contribution in [3.8, 4) is 11.6 Å². The maximum absolute atomic E-state index is 13.1. The summed E-state index contributed by atoms with van der Waals surface area (Å²) < 4.78 is 7.14. The Hall–Kier alpha value is -3.03. The molecule has 31 heavy (non-hydrogen) atoms. The number of piperidine rings is 1. The van der Waals surface area contributed by atoms with Gasteiger partial charge >= 0.3 is 0 Å². The summed E-state index contributed by atoms with van der Waals surface area (Å²) >= 11 is 0. The van der Waals surface area contributed by atoms with Crippen LogP contribution < -0.4 is 0 Å². The van der Waals surface area contributed by atoms with Crippen molar-refractivity contribution in [1.29, 1.82) is 0 Å². The molecule has 1 aliphatic heterocycles. The summed E-state index contributed by atoms with van der Waals surface area (Å²) in [4.78, 5) is 19.4. The fraction of sp³-hybridized carbons (Fsp3) is 0.522. The van der Waals surface area contributed by atoms with Crippen LogP contribution in [0.3, 0.4) is 0 Å². The Morgan fingerprint density at radius 3 is 2.58 bits per heavy atom. The first-order valence-corrected chi connectivity index (χ1v) is 10.9. The average molecular weight is 423 g/mol. The number of rotatable bonds is 4. The molecule has 3 heterocycles.